The zero-order valence-corrected chi connectivity index (χ0v) is 9.04. The predicted octanol–water partition coefficient (Wildman–Crippen LogP) is 2.72. The maximum Gasteiger partial charge on any atom is 0.184 e. The van der Waals surface area contributed by atoms with Gasteiger partial charge >= 0.3 is 0 Å². The van der Waals surface area contributed by atoms with Gasteiger partial charge in [-0.2, -0.15) is 12.6 Å². The summed E-state index contributed by atoms with van der Waals surface area (Å²) >= 11 is 4.40. The Morgan fingerprint density at radius 2 is 2.07 bits per heavy atom. The summed E-state index contributed by atoms with van der Waals surface area (Å²) < 4.78 is 10.9. The number of rotatable bonds is 2. The number of thiol groups is 1. The van der Waals surface area contributed by atoms with Crippen molar-refractivity contribution in [2.75, 3.05) is 13.2 Å². The van der Waals surface area contributed by atoms with E-state index in [1.165, 1.54) is 5.56 Å². The molecule has 0 saturated carbocycles. The van der Waals surface area contributed by atoms with Gasteiger partial charge in [0, 0.05) is 10.8 Å². The van der Waals surface area contributed by atoms with E-state index in [0.29, 0.717) is 13.2 Å². The molecular weight excluding hydrogens is 196 g/mol. The first-order valence-electron chi connectivity index (χ1n) is 4.78. The van der Waals surface area contributed by atoms with Crippen molar-refractivity contribution in [1.29, 1.82) is 0 Å². The van der Waals surface area contributed by atoms with Gasteiger partial charge in [0.2, 0.25) is 0 Å². The van der Waals surface area contributed by atoms with Crippen molar-refractivity contribution in [3.63, 3.8) is 0 Å². The van der Waals surface area contributed by atoms with Crippen molar-refractivity contribution in [2.24, 2.45) is 0 Å². The van der Waals surface area contributed by atoms with Gasteiger partial charge in [-0.05, 0) is 18.6 Å². The lowest BCUT2D eigenvalue weighted by atomic mass is 10.1. The van der Waals surface area contributed by atoms with Crippen molar-refractivity contribution >= 4 is 12.6 Å². The van der Waals surface area contributed by atoms with Crippen molar-refractivity contribution in [3.05, 3.63) is 35.4 Å². The molecule has 1 aliphatic rings. The second kappa shape index (κ2) is 4.34. The van der Waals surface area contributed by atoms with E-state index >= 15 is 0 Å². The van der Waals surface area contributed by atoms with E-state index in [1.54, 1.807) is 0 Å². The molecule has 1 atom stereocenters. The van der Waals surface area contributed by atoms with Crippen LogP contribution in [0.2, 0.25) is 0 Å². The van der Waals surface area contributed by atoms with Gasteiger partial charge in [-0.15, -0.1) is 0 Å². The van der Waals surface area contributed by atoms with E-state index in [9.17, 15) is 0 Å². The summed E-state index contributed by atoms with van der Waals surface area (Å²) in [6, 6.07) is 8.20. The minimum atomic E-state index is -0.179. The molecule has 1 aromatic rings. The Balaban J connectivity index is 2.21. The summed E-state index contributed by atoms with van der Waals surface area (Å²) in [5.41, 5.74) is 2.28. The second-order valence-electron chi connectivity index (χ2n) is 3.42. The smallest absolute Gasteiger partial charge is 0.184 e. The Hall–Kier alpha value is -0.510. The summed E-state index contributed by atoms with van der Waals surface area (Å²) in [6.07, 6.45) is -0.179. The van der Waals surface area contributed by atoms with Crippen LogP contribution in [0.25, 0.3) is 0 Å². The first kappa shape index (κ1) is 10.0. The normalized spacial score (nSPS) is 19.9. The van der Waals surface area contributed by atoms with Crippen LogP contribution >= 0.6 is 12.6 Å². The molecule has 0 aromatic heterocycles. The van der Waals surface area contributed by atoms with E-state index in [-0.39, 0.29) is 11.5 Å². The molecule has 1 saturated heterocycles. The number of benzene rings is 1. The van der Waals surface area contributed by atoms with Crippen LogP contribution in [0.15, 0.2) is 24.3 Å². The third-order valence-electron chi connectivity index (χ3n) is 2.29. The molecular formula is C11H14O2S. The number of ether oxygens (including phenoxy) is 2. The topological polar surface area (TPSA) is 18.5 Å². The molecule has 1 heterocycles. The molecule has 3 heteroatoms. The van der Waals surface area contributed by atoms with Gasteiger partial charge < -0.3 is 9.47 Å². The maximum absolute atomic E-state index is 5.43. The Kier molecular flexibility index (Phi) is 3.11. The quantitative estimate of drug-likeness (QED) is 0.757. The van der Waals surface area contributed by atoms with Crippen molar-refractivity contribution in [2.45, 2.75) is 18.5 Å². The minimum absolute atomic E-state index is 0.179. The molecule has 0 radical (unpaired) electrons. The molecule has 0 bridgehead atoms. The van der Waals surface area contributed by atoms with E-state index in [2.05, 4.69) is 31.7 Å². The first-order valence-corrected chi connectivity index (χ1v) is 5.30. The van der Waals surface area contributed by atoms with Crippen LogP contribution in [-0.2, 0) is 9.47 Å². The zero-order valence-electron chi connectivity index (χ0n) is 8.14. The van der Waals surface area contributed by atoms with Crippen LogP contribution in [-0.4, -0.2) is 13.2 Å². The summed E-state index contributed by atoms with van der Waals surface area (Å²) in [4.78, 5) is 0. The SMILES string of the molecule is CC(S)c1cccc(C2OCCO2)c1. The van der Waals surface area contributed by atoms with Crippen molar-refractivity contribution in [3.8, 4) is 0 Å². The molecule has 76 valence electrons. The fourth-order valence-corrected chi connectivity index (χ4v) is 1.68. The van der Waals surface area contributed by atoms with Gasteiger partial charge in [0.15, 0.2) is 6.29 Å². The lowest BCUT2D eigenvalue weighted by Gasteiger charge is -2.11. The second-order valence-corrected chi connectivity index (χ2v) is 4.19. The fourth-order valence-electron chi connectivity index (χ4n) is 1.52. The lowest BCUT2D eigenvalue weighted by molar-refractivity contribution is -0.0441. The Morgan fingerprint density at radius 3 is 2.71 bits per heavy atom. The average Bonchev–Trinajstić information content (AvgIpc) is 2.71. The Morgan fingerprint density at radius 1 is 1.36 bits per heavy atom. The Bertz CT molecular complexity index is 306. The molecule has 2 rings (SSSR count). The van der Waals surface area contributed by atoms with Crippen LogP contribution in [0.3, 0.4) is 0 Å². The van der Waals surface area contributed by atoms with Gasteiger partial charge in [0.05, 0.1) is 13.2 Å². The molecule has 1 fully saturated rings. The summed E-state index contributed by atoms with van der Waals surface area (Å²) in [5, 5.41) is 0.247. The van der Waals surface area contributed by atoms with Crippen LogP contribution in [0.4, 0.5) is 0 Å². The molecule has 0 amide bonds. The molecule has 2 nitrogen and oxygen atoms in total. The van der Waals surface area contributed by atoms with Gasteiger partial charge in [-0.1, -0.05) is 18.2 Å². The minimum Gasteiger partial charge on any atom is -0.346 e. The third kappa shape index (κ3) is 2.11. The van der Waals surface area contributed by atoms with Crippen LogP contribution in [0.1, 0.15) is 29.6 Å². The first-order chi connectivity index (χ1) is 6.77. The number of hydrogen-bond acceptors (Lipinski definition) is 3. The van der Waals surface area contributed by atoms with Crippen molar-refractivity contribution in [1.82, 2.24) is 0 Å². The standard InChI is InChI=1S/C11H14O2S/c1-8(14)9-3-2-4-10(7-9)11-12-5-6-13-11/h2-4,7-8,11,14H,5-6H2,1H3. The fraction of sp³-hybridized carbons (Fsp3) is 0.455. The summed E-state index contributed by atoms with van der Waals surface area (Å²) in [5.74, 6) is 0. The predicted molar refractivity (Wildman–Crippen MR) is 58.5 cm³/mol. The molecule has 0 aliphatic carbocycles. The van der Waals surface area contributed by atoms with Crippen LogP contribution in [0, 0.1) is 0 Å². The van der Waals surface area contributed by atoms with Gasteiger partial charge in [-0.25, -0.2) is 0 Å². The van der Waals surface area contributed by atoms with E-state index in [0.717, 1.165) is 5.56 Å². The summed E-state index contributed by atoms with van der Waals surface area (Å²) in [6.45, 7) is 3.43. The van der Waals surface area contributed by atoms with Gasteiger partial charge in [0.25, 0.3) is 0 Å². The molecule has 0 N–H and O–H groups in total. The van der Waals surface area contributed by atoms with Crippen LogP contribution < -0.4 is 0 Å². The Labute approximate surface area is 89.6 Å². The van der Waals surface area contributed by atoms with E-state index in [4.69, 9.17) is 9.47 Å². The molecule has 1 aromatic carbocycles. The molecule has 1 unspecified atom stereocenters. The van der Waals surface area contributed by atoms with E-state index in [1.807, 2.05) is 12.1 Å². The van der Waals surface area contributed by atoms with Crippen molar-refractivity contribution < 1.29 is 9.47 Å². The molecule has 1 aliphatic heterocycles. The van der Waals surface area contributed by atoms with E-state index < -0.39 is 0 Å². The van der Waals surface area contributed by atoms with Gasteiger partial charge in [0.1, 0.15) is 0 Å². The highest BCUT2D eigenvalue weighted by molar-refractivity contribution is 7.80. The largest absolute Gasteiger partial charge is 0.346 e. The zero-order chi connectivity index (χ0) is 9.97. The summed E-state index contributed by atoms with van der Waals surface area (Å²) in [7, 11) is 0. The number of hydrogen-bond donors (Lipinski definition) is 1. The lowest BCUT2D eigenvalue weighted by Crippen LogP contribution is -1.98. The maximum atomic E-state index is 5.43. The average molecular weight is 210 g/mol. The molecule has 14 heavy (non-hydrogen) atoms. The highest BCUT2D eigenvalue weighted by Gasteiger charge is 2.18. The highest BCUT2D eigenvalue weighted by Crippen LogP contribution is 2.27. The van der Waals surface area contributed by atoms with Gasteiger partial charge in [-0.3, -0.25) is 0 Å². The third-order valence-corrected chi connectivity index (χ3v) is 2.59. The molecule has 0 spiro atoms. The van der Waals surface area contributed by atoms with Crippen LogP contribution in [0.5, 0.6) is 0 Å². The highest BCUT2D eigenvalue weighted by atomic mass is 32.1. The monoisotopic (exact) mass is 210 g/mol.